The van der Waals surface area contributed by atoms with Gasteiger partial charge in [-0.25, -0.2) is 0 Å². The zero-order valence-electron chi connectivity index (χ0n) is 12.3. The minimum absolute atomic E-state index is 0.171. The molecule has 4 heteroatoms. The smallest absolute Gasteiger partial charge is 0.320 e. The van der Waals surface area contributed by atoms with Gasteiger partial charge < -0.3 is 9.47 Å². The minimum Gasteiger partial charge on any atom is -0.465 e. The molecule has 0 aliphatic carbocycles. The Hall–Kier alpha value is -1.84. The van der Waals surface area contributed by atoms with Gasteiger partial charge >= 0.3 is 11.9 Å². The van der Waals surface area contributed by atoms with Crippen LogP contribution in [0.15, 0.2) is 30.3 Å². The summed E-state index contributed by atoms with van der Waals surface area (Å²) in [5, 5.41) is 0. The fraction of sp³-hybridized carbons (Fsp3) is 0.500. The topological polar surface area (TPSA) is 52.6 Å². The third kappa shape index (κ3) is 4.68. The molecule has 0 saturated heterocycles. The van der Waals surface area contributed by atoms with Crippen molar-refractivity contribution in [1.29, 1.82) is 0 Å². The lowest BCUT2D eigenvalue weighted by molar-refractivity contribution is -0.164. The van der Waals surface area contributed by atoms with Crippen LogP contribution in [0, 0.1) is 11.8 Å². The van der Waals surface area contributed by atoms with E-state index in [9.17, 15) is 9.59 Å². The van der Waals surface area contributed by atoms with Crippen molar-refractivity contribution in [1.82, 2.24) is 0 Å². The molecule has 1 aromatic rings. The zero-order valence-corrected chi connectivity index (χ0v) is 12.3. The maximum Gasteiger partial charge on any atom is 0.320 e. The Balaban J connectivity index is 2.80. The van der Waals surface area contributed by atoms with Crippen LogP contribution in [0.5, 0.6) is 0 Å². The maximum atomic E-state index is 12.0. The first kappa shape index (κ1) is 16.2. The summed E-state index contributed by atoms with van der Waals surface area (Å²) in [7, 11) is 0. The van der Waals surface area contributed by atoms with Gasteiger partial charge in [0.1, 0.15) is 0 Å². The second kappa shape index (κ2) is 8.35. The van der Waals surface area contributed by atoms with Crippen LogP contribution in [-0.2, 0) is 25.5 Å². The molecule has 0 fully saturated rings. The molecular formula is C16H22O4. The van der Waals surface area contributed by atoms with Crippen molar-refractivity contribution in [3.05, 3.63) is 35.9 Å². The molecule has 20 heavy (non-hydrogen) atoms. The van der Waals surface area contributed by atoms with Crippen LogP contribution in [0.4, 0.5) is 0 Å². The van der Waals surface area contributed by atoms with Crippen LogP contribution in [0.1, 0.15) is 26.3 Å². The third-order valence-corrected chi connectivity index (χ3v) is 3.05. The molecule has 0 unspecified atom stereocenters. The second-order valence-corrected chi connectivity index (χ2v) is 4.65. The van der Waals surface area contributed by atoms with E-state index in [4.69, 9.17) is 9.47 Å². The van der Waals surface area contributed by atoms with Crippen molar-refractivity contribution < 1.29 is 19.1 Å². The Bertz CT molecular complexity index is 409. The molecule has 110 valence electrons. The highest BCUT2D eigenvalue weighted by molar-refractivity contribution is 5.95. The maximum absolute atomic E-state index is 12.0. The van der Waals surface area contributed by atoms with Crippen molar-refractivity contribution >= 4 is 11.9 Å². The molecule has 4 nitrogen and oxygen atoms in total. The van der Waals surface area contributed by atoms with Crippen LogP contribution < -0.4 is 0 Å². The second-order valence-electron chi connectivity index (χ2n) is 4.65. The van der Waals surface area contributed by atoms with Gasteiger partial charge in [-0.05, 0) is 31.7 Å². The van der Waals surface area contributed by atoms with Crippen molar-refractivity contribution in [2.24, 2.45) is 11.8 Å². The summed E-state index contributed by atoms with van der Waals surface area (Å²) >= 11 is 0. The standard InChI is InChI=1S/C16H22O4/c1-4-19-15(17)14(16(18)20-5-2)12(3)11-13-9-7-6-8-10-13/h6-10,12,14H,4-5,11H2,1-3H3/t12-/m0/s1. The summed E-state index contributed by atoms with van der Waals surface area (Å²) in [6.07, 6.45) is 0.628. The number of carbonyl (C=O) groups excluding carboxylic acids is 2. The van der Waals surface area contributed by atoms with E-state index in [1.54, 1.807) is 13.8 Å². The fourth-order valence-electron chi connectivity index (χ4n) is 2.13. The first-order chi connectivity index (χ1) is 9.60. The normalized spacial score (nSPS) is 12.0. The summed E-state index contributed by atoms with van der Waals surface area (Å²) < 4.78 is 9.98. The summed E-state index contributed by atoms with van der Waals surface area (Å²) in [5.74, 6) is -2.05. The van der Waals surface area contributed by atoms with Crippen molar-refractivity contribution in [3.8, 4) is 0 Å². The molecule has 0 aliphatic rings. The minimum atomic E-state index is -0.866. The number of benzene rings is 1. The van der Waals surface area contributed by atoms with Crippen LogP contribution in [-0.4, -0.2) is 25.2 Å². The third-order valence-electron chi connectivity index (χ3n) is 3.05. The van der Waals surface area contributed by atoms with Gasteiger partial charge in [-0.15, -0.1) is 0 Å². The molecule has 0 amide bonds. The van der Waals surface area contributed by atoms with Crippen LogP contribution in [0.25, 0.3) is 0 Å². The predicted octanol–water partition coefficient (Wildman–Crippen LogP) is 2.61. The van der Waals surface area contributed by atoms with Gasteiger partial charge in [0.05, 0.1) is 13.2 Å². The lowest BCUT2D eigenvalue weighted by atomic mass is 9.88. The molecule has 0 heterocycles. The number of esters is 2. The molecular weight excluding hydrogens is 256 g/mol. The average Bonchev–Trinajstić information content (AvgIpc) is 2.40. The molecule has 0 radical (unpaired) electrons. The average molecular weight is 278 g/mol. The number of rotatable bonds is 7. The number of ether oxygens (including phenoxy) is 2. The number of hydrogen-bond donors (Lipinski definition) is 0. The monoisotopic (exact) mass is 278 g/mol. The van der Waals surface area contributed by atoms with E-state index in [2.05, 4.69) is 0 Å². The number of hydrogen-bond acceptors (Lipinski definition) is 4. The van der Waals surface area contributed by atoms with Gasteiger partial charge in [0.25, 0.3) is 0 Å². The first-order valence-electron chi connectivity index (χ1n) is 6.97. The highest BCUT2D eigenvalue weighted by Crippen LogP contribution is 2.20. The van der Waals surface area contributed by atoms with Gasteiger partial charge in [0.15, 0.2) is 5.92 Å². The Morgan fingerprint density at radius 2 is 1.50 bits per heavy atom. The summed E-state index contributed by atoms with van der Waals surface area (Å²) in [4.78, 5) is 23.9. The molecule has 0 aromatic heterocycles. The quantitative estimate of drug-likeness (QED) is 0.568. The van der Waals surface area contributed by atoms with E-state index in [0.717, 1.165) is 5.56 Å². The van der Waals surface area contributed by atoms with E-state index in [1.165, 1.54) is 0 Å². The van der Waals surface area contributed by atoms with E-state index >= 15 is 0 Å². The van der Waals surface area contributed by atoms with E-state index in [-0.39, 0.29) is 19.1 Å². The molecule has 0 saturated carbocycles. The Morgan fingerprint density at radius 1 is 1.00 bits per heavy atom. The van der Waals surface area contributed by atoms with Gasteiger partial charge in [-0.1, -0.05) is 37.3 Å². The zero-order chi connectivity index (χ0) is 15.0. The fourth-order valence-corrected chi connectivity index (χ4v) is 2.13. The van der Waals surface area contributed by atoms with Crippen LogP contribution >= 0.6 is 0 Å². The van der Waals surface area contributed by atoms with E-state index in [0.29, 0.717) is 6.42 Å². The van der Waals surface area contributed by atoms with Crippen molar-refractivity contribution in [2.75, 3.05) is 13.2 Å². The summed E-state index contributed by atoms with van der Waals surface area (Å²) in [5.41, 5.74) is 1.08. The predicted molar refractivity (Wildman–Crippen MR) is 76.1 cm³/mol. The molecule has 1 aromatic carbocycles. The van der Waals surface area contributed by atoms with Gasteiger partial charge in [0, 0.05) is 0 Å². The Morgan fingerprint density at radius 3 is 1.95 bits per heavy atom. The van der Waals surface area contributed by atoms with Gasteiger partial charge in [-0.2, -0.15) is 0 Å². The van der Waals surface area contributed by atoms with Crippen LogP contribution in [0.3, 0.4) is 0 Å². The Kier molecular flexibility index (Phi) is 6.77. The number of carbonyl (C=O) groups is 2. The molecule has 0 spiro atoms. The van der Waals surface area contributed by atoms with Crippen molar-refractivity contribution in [2.45, 2.75) is 27.2 Å². The van der Waals surface area contributed by atoms with E-state index < -0.39 is 17.9 Å². The summed E-state index contributed by atoms with van der Waals surface area (Å²) in [6.45, 7) is 5.83. The molecule has 0 N–H and O–H groups in total. The molecule has 0 bridgehead atoms. The van der Waals surface area contributed by atoms with Gasteiger partial charge in [-0.3, -0.25) is 9.59 Å². The lowest BCUT2D eigenvalue weighted by Gasteiger charge is -2.20. The highest BCUT2D eigenvalue weighted by atomic mass is 16.6. The molecule has 0 aliphatic heterocycles. The summed E-state index contributed by atoms with van der Waals surface area (Å²) in [6, 6.07) is 9.76. The van der Waals surface area contributed by atoms with Crippen molar-refractivity contribution in [3.63, 3.8) is 0 Å². The van der Waals surface area contributed by atoms with Gasteiger partial charge in [0.2, 0.25) is 0 Å². The van der Waals surface area contributed by atoms with E-state index in [1.807, 2.05) is 37.3 Å². The lowest BCUT2D eigenvalue weighted by Crippen LogP contribution is -2.34. The Labute approximate surface area is 120 Å². The highest BCUT2D eigenvalue weighted by Gasteiger charge is 2.34. The SMILES string of the molecule is CCOC(=O)C(C(=O)OCC)[C@@H](C)Cc1ccccc1. The largest absolute Gasteiger partial charge is 0.465 e. The molecule has 1 atom stereocenters. The van der Waals surface area contributed by atoms with Crippen LogP contribution in [0.2, 0.25) is 0 Å². The molecule has 1 rings (SSSR count). The first-order valence-corrected chi connectivity index (χ1v) is 6.97.